The van der Waals surface area contributed by atoms with E-state index < -0.39 is 0 Å². The third-order valence-corrected chi connectivity index (χ3v) is 7.01. The Morgan fingerprint density at radius 1 is 0.821 bits per heavy atom. The third-order valence-electron chi connectivity index (χ3n) is 7.01. The predicted octanol–water partition coefficient (Wildman–Crippen LogP) is 3.82. The lowest BCUT2D eigenvalue weighted by Crippen LogP contribution is -2.40. The number of hydrogen-bond donors (Lipinski definition) is 0. The minimum absolute atomic E-state index is 0.0161. The standard InChI is InChI=1S/C24H21NO3/c26-23-21-17-10-11-18(20-12-19(17)20)22(21)24(27)25(23)15-6-8-16(9-7-15)28-13-14-4-2-1-3-5-14/h1-11,17-22H,12-13H2/t17-,18-,19-,20-,21-,22+/m0/s1. The molecule has 2 aromatic rings. The average molecular weight is 371 g/mol. The van der Waals surface area contributed by atoms with E-state index in [1.165, 1.54) is 11.3 Å². The van der Waals surface area contributed by atoms with Gasteiger partial charge in [0.2, 0.25) is 11.8 Å². The highest BCUT2D eigenvalue weighted by molar-refractivity contribution is 6.22. The van der Waals surface area contributed by atoms with Crippen LogP contribution in [0.3, 0.4) is 0 Å². The molecule has 1 aliphatic heterocycles. The van der Waals surface area contributed by atoms with Gasteiger partial charge in [0, 0.05) is 0 Å². The van der Waals surface area contributed by atoms with Gasteiger partial charge in [-0.25, -0.2) is 0 Å². The van der Waals surface area contributed by atoms with E-state index in [1.54, 1.807) is 0 Å². The second-order valence-corrected chi connectivity index (χ2v) is 8.43. The molecule has 1 saturated heterocycles. The van der Waals surface area contributed by atoms with Gasteiger partial charge in [0.15, 0.2) is 0 Å². The van der Waals surface area contributed by atoms with E-state index in [0.29, 0.717) is 24.1 Å². The molecule has 0 aromatic heterocycles. The zero-order chi connectivity index (χ0) is 18.8. The molecule has 7 rings (SSSR count). The number of nitrogens with zero attached hydrogens (tertiary/aromatic N) is 1. The lowest BCUT2D eigenvalue weighted by Gasteiger charge is -2.37. The molecular weight excluding hydrogens is 350 g/mol. The van der Waals surface area contributed by atoms with Crippen LogP contribution >= 0.6 is 0 Å². The Morgan fingerprint density at radius 3 is 2.04 bits per heavy atom. The maximum absolute atomic E-state index is 13.1. The molecule has 2 saturated carbocycles. The van der Waals surface area contributed by atoms with Crippen LogP contribution in [0.2, 0.25) is 0 Å². The van der Waals surface area contributed by atoms with Crippen molar-refractivity contribution < 1.29 is 14.3 Å². The van der Waals surface area contributed by atoms with Gasteiger partial charge in [-0.05, 0) is 59.9 Å². The molecule has 0 unspecified atom stereocenters. The van der Waals surface area contributed by atoms with Gasteiger partial charge in [0.05, 0.1) is 17.5 Å². The van der Waals surface area contributed by atoms with E-state index in [2.05, 4.69) is 12.2 Å². The fourth-order valence-corrected chi connectivity index (χ4v) is 5.64. The smallest absolute Gasteiger partial charge is 0.238 e. The van der Waals surface area contributed by atoms with E-state index in [-0.39, 0.29) is 35.5 Å². The Balaban J connectivity index is 1.22. The molecule has 1 heterocycles. The number of carbonyl (C=O) groups excluding carboxylic acids is 2. The quantitative estimate of drug-likeness (QED) is 0.606. The highest BCUT2D eigenvalue weighted by Crippen LogP contribution is 2.65. The molecule has 0 radical (unpaired) electrons. The normalized spacial score (nSPS) is 34.4. The summed E-state index contributed by atoms with van der Waals surface area (Å²) >= 11 is 0. The summed E-state index contributed by atoms with van der Waals surface area (Å²) < 4.78 is 5.82. The average Bonchev–Trinajstić information content (AvgIpc) is 3.52. The first-order chi connectivity index (χ1) is 13.7. The van der Waals surface area contributed by atoms with Gasteiger partial charge in [-0.1, -0.05) is 42.5 Å². The minimum Gasteiger partial charge on any atom is -0.489 e. The molecule has 3 fully saturated rings. The van der Waals surface area contributed by atoms with Crippen LogP contribution in [0.15, 0.2) is 66.7 Å². The van der Waals surface area contributed by atoms with Crippen LogP contribution in [0.25, 0.3) is 0 Å². The van der Waals surface area contributed by atoms with Crippen LogP contribution in [-0.2, 0) is 16.2 Å². The maximum atomic E-state index is 13.1. The first-order valence-electron chi connectivity index (χ1n) is 10.1. The predicted molar refractivity (Wildman–Crippen MR) is 104 cm³/mol. The summed E-state index contributed by atoms with van der Waals surface area (Å²) in [6.07, 6.45) is 5.59. The molecule has 4 nitrogen and oxygen atoms in total. The van der Waals surface area contributed by atoms with Crippen molar-refractivity contribution >= 4 is 17.5 Å². The SMILES string of the molecule is O=C1[C@@H]2[C@H]3C=C[C@@H]([C@@H]4C[C@@H]34)[C@@H]2C(=O)N1c1ccc(OCc2ccccc2)cc1. The zero-order valence-electron chi connectivity index (χ0n) is 15.4. The van der Waals surface area contributed by atoms with Crippen LogP contribution in [0.4, 0.5) is 5.69 Å². The van der Waals surface area contributed by atoms with Crippen molar-refractivity contribution in [2.75, 3.05) is 4.90 Å². The van der Waals surface area contributed by atoms with Crippen molar-refractivity contribution in [2.45, 2.75) is 13.0 Å². The largest absolute Gasteiger partial charge is 0.489 e. The molecule has 4 aliphatic carbocycles. The number of rotatable bonds is 4. The Labute approximate surface area is 163 Å². The monoisotopic (exact) mass is 371 g/mol. The highest BCUT2D eigenvalue weighted by atomic mass is 16.5. The van der Waals surface area contributed by atoms with E-state index in [4.69, 9.17) is 4.74 Å². The molecule has 28 heavy (non-hydrogen) atoms. The van der Waals surface area contributed by atoms with Gasteiger partial charge in [-0.15, -0.1) is 0 Å². The number of allylic oxidation sites excluding steroid dienone is 2. The molecule has 2 amide bonds. The summed E-state index contributed by atoms with van der Waals surface area (Å²) in [5, 5.41) is 0. The number of ether oxygens (including phenoxy) is 1. The van der Waals surface area contributed by atoms with Gasteiger partial charge < -0.3 is 4.74 Å². The van der Waals surface area contributed by atoms with E-state index >= 15 is 0 Å². The lowest BCUT2D eigenvalue weighted by atomic mass is 9.63. The fraction of sp³-hybridized carbons (Fsp3) is 0.333. The number of imide groups is 1. The molecule has 4 heteroatoms. The van der Waals surface area contributed by atoms with Crippen LogP contribution in [-0.4, -0.2) is 11.8 Å². The Hall–Kier alpha value is -2.88. The van der Waals surface area contributed by atoms with Crippen LogP contribution in [0.5, 0.6) is 5.75 Å². The van der Waals surface area contributed by atoms with Crippen molar-refractivity contribution in [1.29, 1.82) is 0 Å². The molecule has 6 atom stereocenters. The van der Waals surface area contributed by atoms with Crippen LogP contribution < -0.4 is 9.64 Å². The molecule has 140 valence electrons. The van der Waals surface area contributed by atoms with Crippen LogP contribution in [0, 0.1) is 35.5 Å². The summed E-state index contributed by atoms with van der Waals surface area (Å²) in [4.78, 5) is 27.7. The topological polar surface area (TPSA) is 46.6 Å². The number of hydrogen-bond acceptors (Lipinski definition) is 3. The van der Waals surface area contributed by atoms with E-state index in [1.807, 2.05) is 54.6 Å². The second-order valence-electron chi connectivity index (χ2n) is 8.43. The van der Waals surface area contributed by atoms with Crippen molar-refractivity contribution in [1.82, 2.24) is 0 Å². The molecular formula is C24H21NO3. The summed E-state index contributed by atoms with van der Waals surface area (Å²) in [6, 6.07) is 17.3. The number of carbonyl (C=O) groups is 2. The summed E-state index contributed by atoms with van der Waals surface area (Å²) in [5.41, 5.74) is 1.76. The number of benzene rings is 2. The number of anilines is 1. The first kappa shape index (κ1) is 16.1. The Bertz CT molecular complexity index is 945. The molecule has 2 aromatic carbocycles. The van der Waals surface area contributed by atoms with E-state index in [0.717, 1.165) is 11.3 Å². The first-order valence-corrected chi connectivity index (χ1v) is 10.1. The minimum atomic E-state index is -0.153. The second kappa shape index (κ2) is 5.81. The summed E-state index contributed by atoms with van der Waals surface area (Å²) in [7, 11) is 0. The fourth-order valence-electron chi connectivity index (χ4n) is 5.64. The molecule has 0 N–H and O–H groups in total. The lowest BCUT2D eigenvalue weighted by molar-refractivity contribution is -0.124. The van der Waals surface area contributed by atoms with Gasteiger partial charge >= 0.3 is 0 Å². The van der Waals surface area contributed by atoms with Gasteiger partial charge in [0.1, 0.15) is 12.4 Å². The van der Waals surface area contributed by atoms with Gasteiger partial charge in [-0.3, -0.25) is 14.5 Å². The van der Waals surface area contributed by atoms with Crippen molar-refractivity contribution in [3.05, 3.63) is 72.3 Å². The van der Waals surface area contributed by atoms with Crippen molar-refractivity contribution in [3.8, 4) is 5.75 Å². The molecule has 0 spiro atoms. The number of amides is 2. The maximum Gasteiger partial charge on any atom is 0.238 e. The highest BCUT2D eigenvalue weighted by Gasteiger charge is 2.67. The zero-order valence-corrected chi connectivity index (χ0v) is 15.4. The molecule has 2 bridgehead atoms. The Morgan fingerprint density at radius 2 is 1.43 bits per heavy atom. The van der Waals surface area contributed by atoms with Gasteiger partial charge in [0.25, 0.3) is 0 Å². The van der Waals surface area contributed by atoms with Crippen molar-refractivity contribution in [2.24, 2.45) is 35.5 Å². The van der Waals surface area contributed by atoms with Gasteiger partial charge in [-0.2, -0.15) is 0 Å². The Kier molecular flexibility index (Phi) is 3.34. The van der Waals surface area contributed by atoms with E-state index in [9.17, 15) is 9.59 Å². The molecule has 5 aliphatic rings. The van der Waals surface area contributed by atoms with Crippen LogP contribution in [0.1, 0.15) is 12.0 Å². The third kappa shape index (κ3) is 2.24. The van der Waals surface area contributed by atoms with Crippen molar-refractivity contribution in [3.63, 3.8) is 0 Å². The summed E-state index contributed by atoms with van der Waals surface area (Å²) in [5.74, 6) is 2.16. The summed E-state index contributed by atoms with van der Waals surface area (Å²) in [6.45, 7) is 0.490.